The van der Waals surface area contributed by atoms with Gasteiger partial charge in [0.15, 0.2) is 6.04 Å². The van der Waals surface area contributed by atoms with Crippen molar-refractivity contribution >= 4 is 0 Å². The molecule has 0 saturated heterocycles. The molecule has 0 N–H and O–H groups in total. The van der Waals surface area contributed by atoms with Crippen LogP contribution in [0.5, 0.6) is 0 Å². The molecule has 1 aromatic heterocycles. The number of halogens is 3. The lowest BCUT2D eigenvalue weighted by atomic mass is 9.95. The van der Waals surface area contributed by atoms with Gasteiger partial charge in [0.1, 0.15) is 6.33 Å². The van der Waals surface area contributed by atoms with E-state index in [2.05, 4.69) is 9.97 Å². The predicted octanol–water partition coefficient (Wildman–Crippen LogP) is 4.71. The number of hydrogen-bond acceptors (Lipinski definition) is 4. The zero-order valence-electron chi connectivity index (χ0n) is 15.1. The SMILES string of the molecule is FC(F)(F)C1C(Cc2cncnc2C2CC2)=CC=CN1OCc1ccccc1. The third-order valence-electron chi connectivity index (χ3n) is 4.86. The molecule has 4 nitrogen and oxygen atoms in total. The van der Waals surface area contributed by atoms with Crippen LogP contribution in [0.4, 0.5) is 13.2 Å². The van der Waals surface area contributed by atoms with Crippen molar-refractivity contribution in [3.8, 4) is 0 Å². The fourth-order valence-corrected chi connectivity index (χ4v) is 3.39. The van der Waals surface area contributed by atoms with Crippen LogP contribution in [0.25, 0.3) is 0 Å². The minimum Gasteiger partial charge on any atom is -0.268 e. The van der Waals surface area contributed by atoms with Gasteiger partial charge in [-0.05, 0) is 42.0 Å². The van der Waals surface area contributed by atoms with E-state index >= 15 is 0 Å². The minimum absolute atomic E-state index is 0.0623. The molecule has 2 heterocycles. The number of hydrogen-bond donors (Lipinski definition) is 0. The minimum atomic E-state index is -4.47. The highest BCUT2D eigenvalue weighted by atomic mass is 19.4. The van der Waals surface area contributed by atoms with Crippen molar-refractivity contribution < 1.29 is 18.0 Å². The van der Waals surface area contributed by atoms with Gasteiger partial charge >= 0.3 is 6.18 Å². The molecule has 1 aliphatic heterocycles. The molecule has 1 atom stereocenters. The van der Waals surface area contributed by atoms with Crippen LogP contribution in [0.2, 0.25) is 0 Å². The molecule has 1 aliphatic carbocycles. The van der Waals surface area contributed by atoms with Gasteiger partial charge in [-0.3, -0.25) is 4.84 Å². The highest BCUT2D eigenvalue weighted by molar-refractivity contribution is 5.34. The number of nitrogens with zero attached hydrogens (tertiary/aromatic N) is 3. The van der Waals surface area contributed by atoms with Crippen molar-refractivity contribution in [2.75, 3.05) is 0 Å². The summed E-state index contributed by atoms with van der Waals surface area (Å²) in [5, 5.41) is 0.906. The maximum atomic E-state index is 13.9. The van der Waals surface area contributed by atoms with Crippen molar-refractivity contribution in [2.24, 2.45) is 0 Å². The summed E-state index contributed by atoms with van der Waals surface area (Å²) in [6.07, 6.45) is 5.25. The number of benzene rings is 1. The first-order valence-corrected chi connectivity index (χ1v) is 9.20. The van der Waals surface area contributed by atoms with Gasteiger partial charge < -0.3 is 0 Å². The van der Waals surface area contributed by atoms with Crippen molar-refractivity contribution in [1.29, 1.82) is 0 Å². The third kappa shape index (κ3) is 4.25. The van der Waals surface area contributed by atoms with E-state index in [1.807, 2.05) is 30.3 Å². The summed E-state index contributed by atoms with van der Waals surface area (Å²) in [6, 6.07) is 7.29. The molecule has 7 heteroatoms. The highest BCUT2D eigenvalue weighted by Crippen LogP contribution is 2.41. The van der Waals surface area contributed by atoms with Crippen LogP contribution in [-0.4, -0.2) is 27.2 Å². The molecule has 1 aromatic carbocycles. The lowest BCUT2D eigenvalue weighted by molar-refractivity contribution is -0.249. The monoisotopic (exact) mass is 387 g/mol. The summed E-state index contributed by atoms with van der Waals surface area (Å²) in [4.78, 5) is 13.8. The average molecular weight is 387 g/mol. The maximum Gasteiger partial charge on any atom is 0.415 e. The van der Waals surface area contributed by atoms with Crippen LogP contribution >= 0.6 is 0 Å². The van der Waals surface area contributed by atoms with Crippen LogP contribution in [0.1, 0.15) is 35.6 Å². The molecule has 2 aromatic rings. The number of allylic oxidation sites excluding steroid dienone is 2. The van der Waals surface area contributed by atoms with E-state index in [-0.39, 0.29) is 18.6 Å². The second-order valence-corrected chi connectivity index (χ2v) is 7.03. The van der Waals surface area contributed by atoms with Gasteiger partial charge in [0.2, 0.25) is 0 Å². The molecule has 0 amide bonds. The van der Waals surface area contributed by atoms with Gasteiger partial charge in [0.05, 0.1) is 12.3 Å². The van der Waals surface area contributed by atoms with Crippen molar-refractivity contribution in [2.45, 2.75) is 44.0 Å². The lowest BCUT2D eigenvalue weighted by Crippen LogP contribution is -2.45. The Hall–Kier alpha value is -2.67. The number of rotatable bonds is 6. The van der Waals surface area contributed by atoms with Crippen LogP contribution in [-0.2, 0) is 17.9 Å². The zero-order chi connectivity index (χ0) is 19.6. The predicted molar refractivity (Wildman–Crippen MR) is 97.8 cm³/mol. The molecule has 2 aliphatic rings. The smallest absolute Gasteiger partial charge is 0.268 e. The Morgan fingerprint density at radius 3 is 2.64 bits per heavy atom. The van der Waals surface area contributed by atoms with E-state index in [9.17, 15) is 13.2 Å². The third-order valence-corrected chi connectivity index (χ3v) is 4.86. The van der Waals surface area contributed by atoms with Gasteiger partial charge in [-0.15, -0.1) is 0 Å². The number of hydroxylamine groups is 2. The fraction of sp³-hybridized carbons (Fsp3) is 0.333. The second-order valence-electron chi connectivity index (χ2n) is 7.03. The van der Waals surface area contributed by atoms with Gasteiger partial charge in [-0.1, -0.05) is 36.4 Å². The summed E-state index contributed by atoms with van der Waals surface area (Å²) in [7, 11) is 0. The molecule has 28 heavy (non-hydrogen) atoms. The van der Waals surface area contributed by atoms with Gasteiger partial charge in [-0.25, -0.2) is 15.0 Å². The lowest BCUT2D eigenvalue weighted by Gasteiger charge is -2.35. The van der Waals surface area contributed by atoms with Crippen molar-refractivity contribution in [1.82, 2.24) is 15.0 Å². The Bertz CT molecular complexity index is 876. The molecule has 146 valence electrons. The van der Waals surface area contributed by atoms with E-state index in [4.69, 9.17) is 4.84 Å². The maximum absolute atomic E-state index is 13.9. The van der Waals surface area contributed by atoms with Gasteiger partial charge in [0.25, 0.3) is 0 Å². The number of alkyl halides is 3. The quantitative estimate of drug-likeness (QED) is 0.719. The van der Waals surface area contributed by atoms with Crippen LogP contribution in [0, 0.1) is 0 Å². The largest absolute Gasteiger partial charge is 0.415 e. The first-order valence-electron chi connectivity index (χ1n) is 9.20. The molecular weight excluding hydrogens is 367 g/mol. The highest BCUT2D eigenvalue weighted by Gasteiger charge is 2.47. The Balaban J connectivity index is 1.54. The normalized spacial score (nSPS) is 19.6. The molecule has 1 saturated carbocycles. The van der Waals surface area contributed by atoms with Crippen LogP contribution < -0.4 is 0 Å². The summed E-state index contributed by atoms with van der Waals surface area (Å²) in [5.41, 5.74) is 2.65. The fourth-order valence-electron chi connectivity index (χ4n) is 3.39. The molecule has 1 unspecified atom stereocenters. The van der Waals surface area contributed by atoms with E-state index in [0.29, 0.717) is 5.92 Å². The van der Waals surface area contributed by atoms with Gasteiger partial charge in [-0.2, -0.15) is 13.2 Å². The van der Waals surface area contributed by atoms with E-state index in [0.717, 1.165) is 34.7 Å². The summed E-state index contributed by atoms with van der Waals surface area (Å²) >= 11 is 0. The molecule has 1 fully saturated rings. The second kappa shape index (κ2) is 7.75. The Morgan fingerprint density at radius 2 is 1.93 bits per heavy atom. The Kier molecular flexibility index (Phi) is 5.17. The van der Waals surface area contributed by atoms with E-state index in [1.54, 1.807) is 12.3 Å². The molecule has 0 bridgehead atoms. The van der Waals surface area contributed by atoms with Gasteiger partial charge in [0, 0.05) is 18.3 Å². The van der Waals surface area contributed by atoms with Crippen molar-refractivity contribution in [3.05, 3.63) is 83.6 Å². The molecule has 0 radical (unpaired) electrons. The zero-order valence-corrected chi connectivity index (χ0v) is 15.1. The topological polar surface area (TPSA) is 38.2 Å². The van der Waals surface area contributed by atoms with Crippen molar-refractivity contribution in [3.63, 3.8) is 0 Å². The van der Waals surface area contributed by atoms with Crippen LogP contribution in [0.15, 0.2) is 66.8 Å². The summed E-state index contributed by atoms with van der Waals surface area (Å²) in [6.45, 7) is 0.0623. The summed E-state index contributed by atoms with van der Waals surface area (Å²) in [5.74, 6) is 0.340. The number of aromatic nitrogens is 2. The van der Waals surface area contributed by atoms with Crippen LogP contribution in [0.3, 0.4) is 0 Å². The van der Waals surface area contributed by atoms with E-state index < -0.39 is 12.2 Å². The Morgan fingerprint density at radius 1 is 1.14 bits per heavy atom. The molecule has 4 rings (SSSR count). The first-order chi connectivity index (χ1) is 13.5. The Labute approximate surface area is 161 Å². The average Bonchev–Trinajstić information content (AvgIpc) is 3.52. The molecular formula is C21H20F3N3O. The molecule has 0 spiro atoms. The standard InChI is InChI=1S/C21H20F3N3O/c22-21(23,24)20-17(11-18-12-25-14-26-19(18)16-8-9-16)7-4-10-27(20)28-13-15-5-2-1-3-6-15/h1-7,10,12,14,16,20H,8-9,11,13H2. The summed E-state index contributed by atoms with van der Waals surface area (Å²) < 4.78 is 41.7. The van der Waals surface area contributed by atoms with E-state index in [1.165, 1.54) is 18.6 Å². The first kappa shape index (κ1) is 18.7.